The van der Waals surface area contributed by atoms with Crippen LogP contribution in [0, 0.1) is 0 Å². The number of thiazole rings is 1. The number of benzene rings is 1. The van der Waals surface area contributed by atoms with Gasteiger partial charge in [0.1, 0.15) is 10.6 Å². The number of nitrogens with zero attached hydrogens (tertiary/aromatic N) is 3. The summed E-state index contributed by atoms with van der Waals surface area (Å²) in [6.07, 6.45) is 3.11. The molecule has 154 valence electrons. The Labute approximate surface area is 178 Å². The van der Waals surface area contributed by atoms with Gasteiger partial charge in [-0.1, -0.05) is 11.6 Å². The van der Waals surface area contributed by atoms with E-state index in [0.29, 0.717) is 29.7 Å². The summed E-state index contributed by atoms with van der Waals surface area (Å²) in [5.74, 6) is 0.156. The Morgan fingerprint density at radius 2 is 2.00 bits per heavy atom. The van der Waals surface area contributed by atoms with Crippen LogP contribution in [0.1, 0.15) is 34.3 Å². The number of hydrogen-bond donors (Lipinski definition) is 1. The molecule has 3 heterocycles. The van der Waals surface area contributed by atoms with Crippen molar-refractivity contribution in [2.45, 2.75) is 23.7 Å². The van der Waals surface area contributed by atoms with Crippen LogP contribution in [-0.2, 0) is 17.1 Å². The van der Waals surface area contributed by atoms with E-state index in [1.807, 2.05) is 18.2 Å². The Morgan fingerprint density at radius 3 is 2.69 bits per heavy atom. The van der Waals surface area contributed by atoms with Crippen molar-refractivity contribution in [3.05, 3.63) is 46.2 Å². The van der Waals surface area contributed by atoms with Gasteiger partial charge in [-0.05, 0) is 44.2 Å². The monoisotopic (exact) mass is 452 g/mol. The second-order valence-electron chi connectivity index (χ2n) is 7.11. The van der Waals surface area contributed by atoms with Crippen LogP contribution in [0.25, 0.3) is 10.2 Å². The van der Waals surface area contributed by atoms with Crippen LogP contribution in [0.2, 0.25) is 5.02 Å². The molecular weight excluding hydrogens is 432 g/mol. The van der Waals surface area contributed by atoms with Crippen molar-refractivity contribution in [2.24, 2.45) is 7.05 Å². The van der Waals surface area contributed by atoms with E-state index >= 15 is 0 Å². The summed E-state index contributed by atoms with van der Waals surface area (Å²) in [5, 5.41) is 1.76. The van der Waals surface area contributed by atoms with Gasteiger partial charge in [0, 0.05) is 37.3 Å². The quantitative estimate of drug-likeness (QED) is 0.658. The van der Waals surface area contributed by atoms with E-state index in [-0.39, 0.29) is 10.8 Å². The van der Waals surface area contributed by atoms with E-state index in [9.17, 15) is 13.2 Å². The number of carbonyl (C=O) groups is 1. The molecule has 1 amide bonds. The number of amides is 1. The van der Waals surface area contributed by atoms with Crippen molar-refractivity contribution in [3.63, 3.8) is 0 Å². The number of carbonyl (C=O) groups excluding carboxylic acids is 1. The highest BCUT2D eigenvalue weighted by Gasteiger charge is 2.28. The number of aromatic nitrogens is 2. The van der Waals surface area contributed by atoms with Crippen molar-refractivity contribution in [3.8, 4) is 0 Å². The lowest BCUT2D eigenvalue weighted by Gasteiger charge is -2.31. The van der Waals surface area contributed by atoms with E-state index in [2.05, 4.69) is 4.72 Å². The summed E-state index contributed by atoms with van der Waals surface area (Å²) < 4.78 is 28.9. The van der Waals surface area contributed by atoms with Gasteiger partial charge in [-0.3, -0.25) is 4.79 Å². The van der Waals surface area contributed by atoms with Crippen LogP contribution in [0.3, 0.4) is 0 Å². The molecule has 3 aromatic rings. The van der Waals surface area contributed by atoms with Crippen LogP contribution in [0.15, 0.2) is 35.4 Å². The second-order valence-corrected chi connectivity index (χ2v) is 10.5. The molecule has 2 aromatic heterocycles. The molecule has 0 unspecified atom stereocenters. The molecule has 0 aliphatic carbocycles. The van der Waals surface area contributed by atoms with Gasteiger partial charge >= 0.3 is 0 Å². The predicted molar refractivity (Wildman–Crippen MR) is 114 cm³/mol. The molecule has 1 aromatic carbocycles. The highest BCUT2D eigenvalue weighted by molar-refractivity contribution is 7.89. The van der Waals surface area contributed by atoms with Crippen molar-refractivity contribution < 1.29 is 13.2 Å². The van der Waals surface area contributed by atoms with Gasteiger partial charge in [-0.2, -0.15) is 0 Å². The number of rotatable bonds is 4. The summed E-state index contributed by atoms with van der Waals surface area (Å²) in [6, 6.07) is 7.17. The fourth-order valence-electron chi connectivity index (χ4n) is 3.60. The average molecular weight is 453 g/mol. The third-order valence-corrected chi connectivity index (χ3v) is 8.09. The first-order valence-corrected chi connectivity index (χ1v) is 11.9. The number of hydrogen-bond acceptors (Lipinski definition) is 5. The highest BCUT2D eigenvalue weighted by Crippen LogP contribution is 2.35. The van der Waals surface area contributed by atoms with Crippen LogP contribution in [0.5, 0.6) is 0 Å². The van der Waals surface area contributed by atoms with Crippen molar-refractivity contribution in [1.29, 1.82) is 0 Å². The van der Waals surface area contributed by atoms with Crippen LogP contribution >= 0.6 is 22.9 Å². The molecule has 0 spiro atoms. The fraction of sp³-hybridized carbons (Fsp3) is 0.368. The Bertz CT molecular complexity index is 1180. The zero-order valence-electron chi connectivity index (χ0n) is 16.1. The number of aryl methyl sites for hydroxylation is 1. The molecule has 0 radical (unpaired) electrons. The number of halogens is 1. The van der Waals surface area contributed by atoms with Crippen LogP contribution in [-0.4, -0.2) is 48.9 Å². The molecule has 0 saturated carbocycles. The molecule has 7 nitrogen and oxygen atoms in total. The minimum absolute atomic E-state index is 0.0915. The Kier molecular flexibility index (Phi) is 5.41. The summed E-state index contributed by atoms with van der Waals surface area (Å²) in [5.41, 5.74) is 1.28. The fourth-order valence-corrected chi connectivity index (χ4v) is 5.68. The smallest absolute Gasteiger partial charge is 0.270 e. The van der Waals surface area contributed by atoms with Gasteiger partial charge < -0.3 is 9.47 Å². The topological polar surface area (TPSA) is 84.3 Å². The van der Waals surface area contributed by atoms with Gasteiger partial charge in [0.25, 0.3) is 5.91 Å². The Balaban J connectivity index is 1.47. The Hall–Kier alpha value is -1.94. The highest BCUT2D eigenvalue weighted by atomic mass is 35.5. The molecule has 1 fully saturated rings. The predicted octanol–water partition coefficient (Wildman–Crippen LogP) is 3.22. The van der Waals surface area contributed by atoms with Gasteiger partial charge in [0.15, 0.2) is 0 Å². The SMILES string of the molecule is CNS(=O)(=O)c1cc(C(=O)N2CCC(c3nc4cc(Cl)ccc4s3)CC2)n(C)c1. The molecule has 1 aliphatic heterocycles. The number of piperidine rings is 1. The number of fused-ring (bicyclic) bond motifs is 1. The minimum Gasteiger partial charge on any atom is -0.345 e. The maximum absolute atomic E-state index is 12.9. The van der Waals surface area contributed by atoms with E-state index < -0.39 is 10.0 Å². The Morgan fingerprint density at radius 1 is 1.28 bits per heavy atom. The molecule has 4 rings (SSSR count). The van der Waals surface area contributed by atoms with Gasteiger partial charge in [0.2, 0.25) is 10.0 Å². The molecule has 1 aliphatic rings. The number of nitrogens with one attached hydrogen (secondary N) is 1. The zero-order valence-corrected chi connectivity index (χ0v) is 18.4. The maximum Gasteiger partial charge on any atom is 0.270 e. The molecule has 1 saturated heterocycles. The van der Waals surface area contributed by atoms with Gasteiger partial charge in [-0.15, -0.1) is 11.3 Å². The number of sulfonamides is 1. The van der Waals surface area contributed by atoms with E-state index in [4.69, 9.17) is 16.6 Å². The van der Waals surface area contributed by atoms with E-state index in [0.717, 1.165) is 28.1 Å². The molecule has 10 heteroatoms. The minimum atomic E-state index is -3.58. The lowest BCUT2D eigenvalue weighted by Crippen LogP contribution is -2.38. The largest absolute Gasteiger partial charge is 0.345 e. The lowest BCUT2D eigenvalue weighted by atomic mass is 9.97. The maximum atomic E-state index is 12.9. The molecule has 29 heavy (non-hydrogen) atoms. The third kappa shape index (κ3) is 3.92. The molecule has 0 bridgehead atoms. The van der Waals surface area contributed by atoms with Crippen molar-refractivity contribution in [2.75, 3.05) is 20.1 Å². The van der Waals surface area contributed by atoms with E-state index in [1.54, 1.807) is 27.9 Å². The number of likely N-dealkylation sites (tertiary alicyclic amines) is 1. The first-order valence-electron chi connectivity index (χ1n) is 9.23. The third-order valence-electron chi connectivity index (χ3n) is 5.28. The normalized spacial score (nSPS) is 15.9. The molecular formula is C19H21ClN4O3S2. The van der Waals surface area contributed by atoms with Crippen LogP contribution < -0.4 is 4.72 Å². The second kappa shape index (κ2) is 7.71. The van der Waals surface area contributed by atoms with Crippen molar-refractivity contribution in [1.82, 2.24) is 19.2 Å². The summed E-state index contributed by atoms with van der Waals surface area (Å²) >= 11 is 7.73. The first kappa shape index (κ1) is 20.3. The van der Waals surface area contributed by atoms with Crippen molar-refractivity contribution >= 4 is 49.1 Å². The van der Waals surface area contributed by atoms with E-state index in [1.165, 1.54) is 19.3 Å². The average Bonchev–Trinajstić information content (AvgIpc) is 3.31. The molecule has 1 N–H and O–H groups in total. The van der Waals surface area contributed by atoms with Crippen LogP contribution in [0.4, 0.5) is 0 Å². The standard InChI is InChI=1S/C19H21ClN4O3S2/c1-21-29(26,27)14-10-16(23(2)11-14)19(25)24-7-5-12(6-8-24)18-22-15-9-13(20)3-4-17(15)28-18/h3-4,9-12,21H,5-8H2,1-2H3. The van der Waals surface area contributed by atoms with Gasteiger partial charge in [-0.25, -0.2) is 18.1 Å². The summed E-state index contributed by atoms with van der Waals surface area (Å²) in [4.78, 5) is 19.5. The summed E-state index contributed by atoms with van der Waals surface area (Å²) in [6.45, 7) is 1.22. The summed E-state index contributed by atoms with van der Waals surface area (Å²) in [7, 11) is -0.549. The zero-order chi connectivity index (χ0) is 20.8. The lowest BCUT2D eigenvalue weighted by molar-refractivity contribution is 0.0703. The first-order chi connectivity index (χ1) is 13.8. The molecule has 0 atom stereocenters. The van der Waals surface area contributed by atoms with Gasteiger partial charge in [0.05, 0.1) is 15.2 Å².